The van der Waals surface area contributed by atoms with Crippen LogP contribution in [-0.4, -0.2) is 5.78 Å². The standard InChI is InChI=1S/C14H10BrClFNO/c15-9-2-1-8(12(16)6-9)5-14(19)11-7-10(17)3-4-13(11)18/h1-4,6-7H,5,18H2. The molecule has 0 radical (unpaired) electrons. The Morgan fingerprint density at radius 3 is 2.68 bits per heavy atom. The second-order valence-electron chi connectivity index (χ2n) is 4.07. The second kappa shape index (κ2) is 5.72. The Morgan fingerprint density at radius 1 is 1.26 bits per heavy atom. The Kier molecular flexibility index (Phi) is 4.22. The summed E-state index contributed by atoms with van der Waals surface area (Å²) < 4.78 is 14.0. The minimum Gasteiger partial charge on any atom is -0.398 e. The molecule has 0 aliphatic heterocycles. The third-order valence-electron chi connectivity index (χ3n) is 2.68. The number of hydrogen-bond acceptors (Lipinski definition) is 2. The summed E-state index contributed by atoms with van der Waals surface area (Å²) in [6.07, 6.45) is 0.0831. The molecule has 2 aromatic carbocycles. The van der Waals surface area contributed by atoms with Crippen LogP contribution in [0.2, 0.25) is 5.02 Å². The Bertz CT molecular complexity index is 645. The molecule has 0 aromatic heterocycles. The van der Waals surface area contributed by atoms with E-state index in [2.05, 4.69) is 15.9 Å². The van der Waals surface area contributed by atoms with Gasteiger partial charge in [0.15, 0.2) is 5.78 Å². The molecule has 2 N–H and O–H groups in total. The molecule has 19 heavy (non-hydrogen) atoms. The predicted octanol–water partition coefficient (Wildman–Crippen LogP) is 4.25. The van der Waals surface area contributed by atoms with Crippen molar-refractivity contribution in [1.29, 1.82) is 0 Å². The van der Waals surface area contributed by atoms with Gasteiger partial charge in [0.05, 0.1) is 0 Å². The van der Waals surface area contributed by atoms with Gasteiger partial charge in [-0.25, -0.2) is 4.39 Å². The van der Waals surface area contributed by atoms with E-state index in [0.29, 0.717) is 10.6 Å². The van der Waals surface area contributed by atoms with Crippen molar-refractivity contribution in [3.05, 3.63) is 62.8 Å². The number of benzene rings is 2. The van der Waals surface area contributed by atoms with Crippen LogP contribution in [0.4, 0.5) is 10.1 Å². The first-order valence-electron chi connectivity index (χ1n) is 5.49. The molecule has 0 amide bonds. The molecule has 0 aliphatic carbocycles. The van der Waals surface area contributed by atoms with E-state index in [-0.39, 0.29) is 23.5 Å². The van der Waals surface area contributed by atoms with Gasteiger partial charge >= 0.3 is 0 Å². The van der Waals surface area contributed by atoms with Crippen molar-refractivity contribution in [3.8, 4) is 0 Å². The first kappa shape index (κ1) is 14.0. The van der Waals surface area contributed by atoms with E-state index < -0.39 is 5.82 Å². The van der Waals surface area contributed by atoms with E-state index in [9.17, 15) is 9.18 Å². The number of nitrogens with two attached hydrogens (primary N) is 1. The molecule has 2 nitrogen and oxygen atoms in total. The largest absolute Gasteiger partial charge is 0.398 e. The SMILES string of the molecule is Nc1ccc(F)cc1C(=O)Cc1ccc(Br)cc1Cl. The number of carbonyl (C=O) groups excluding carboxylic acids is 1. The number of hydrogen-bond donors (Lipinski definition) is 1. The monoisotopic (exact) mass is 341 g/mol. The lowest BCUT2D eigenvalue weighted by Gasteiger charge is -2.07. The number of carbonyl (C=O) groups is 1. The maximum absolute atomic E-state index is 13.1. The summed E-state index contributed by atoms with van der Waals surface area (Å²) in [6, 6.07) is 9.00. The van der Waals surface area contributed by atoms with Crippen LogP contribution in [0.25, 0.3) is 0 Å². The number of nitrogen functional groups attached to an aromatic ring is 1. The van der Waals surface area contributed by atoms with Crippen LogP contribution in [0.15, 0.2) is 40.9 Å². The van der Waals surface area contributed by atoms with Crippen molar-refractivity contribution in [2.45, 2.75) is 6.42 Å². The molecule has 0 aliphatic rings. The van der Waals surface area contributed by atoms with E-state index in [1.54, 1.807) is 18.2 Å². The number of halogens is 3. The van der Waals surface area contributed by atoms with Crippen LogP contribution in [0.3, 0.4) is 0 Å². The highest BCUT2D eigenvalue weighted by atomic mass is 79.9. The molecule has 0 saturated heterocycles. The molecule has 0 fully saturated rings. The number of Topliss-reactive ketones (excluding diaryl/α,β-unsaturated/α-hetero) is 1. The topological polar surface area (TPSA) is 43.1 Å². The van der Waals surface area contributed by atoms with Crippen molar-refractivity contribution < 1.29 is 9.18 Å². The van der Waals surface area contributed by atoms with Gasteiger partial charge in [0.25, 0.3) is 0 Å². The molecule has 2 rings (SSSR count). The Labute approximate surface area is 123 Å². The van der Waals surface area contributed by atoms with E-state index in [4.69, 9.17) is 17.3 Å². The highest BCUT2D eigenvalue weighted by Crippen LogP contribution is 2.24. The molecule has 0 spiro atoms. The Hall–Kier alpha value is -1.39. The van der Waals surface area contributed by atoms with E-state index in [1.807, 2.05) is 0 Å². The molecule has 0 bridgehead atoms. The zero-order valence-electron chi connectivity index (χ0n) is 9.79. The lowest BCUT2D eigenvalue weighted by Crippen LogP contribution is -2.08. The molecular formula is C14H10BrClFNO. The van der Waals surface area contributed by atoms with Crippen molar-refractivity contribution in [1.82, 2.24) is 0 Å². The summed E-state index contributed by atoms with van der Waals surface area (Å²) in [5, 5.41) is 0.484. The molecule has 5 heteroatoms. The van der Waals surface area contributed by atoms with Crippen LogP contribution in [0.5, 0.6) is 0 Å². The van der Waals surface area contributed by atoms with Crippen molar-refractivity contribution in [2.75, 3.05) is 5.73 Å². The Morgan fingerprint density at radius 2 is 2.00 bits per heavy atom. The summed E-state index contributed by atoms with van der Waals surface area (Å²) in [7, 11) is 0. The summed E-state index contributed by atoms with van der Waals surface area (Å²) in [4.78, 5) is 12.1. The molecule has 2 aromatic rings. The van der Waals surface area contributed by atoms with E-state index in [0.717, 1.165) is 10.5 Å². The van der Waals surface area contributed by atoms with Gasteiger partial charge in [0.2, 0.25) is 0 Å². The third kappa shape index (κ3) is 3.33. The molecule has 0 heterocycles. The fourth-order valence-electron chi connectivity index (χ4n) is 1.70. The van der Waals surface area contributed by atoms with Crippen LogP contribution >= 0.6 is 27.5 Å². The van der Waals surface area contributed by atoms with Crippen molar-refractivity contribution in [3.63, 3.8) is 0 Å². The fourth-order valence-corrected chi connectivity index (χ4v) is 2.44. The fraction of sp³-hybridized carbons (Fsp3) is 0.0714. The smallest absolute Gasteiger partial charge is 0.169 e. The molecule has 0 atom stereocenters. The zero-order valence-corrected chi connectivity index (χ0v) is 12.1. The van der Waals surface area contributed by atoms with Gasteiger partial charge in [0.1, 0.15) is 5.82 Å². The summed E-state index contributed by atoms with van der Waals surface area (Å²) in [6.45, 7) is 0. The van der Waals surface area contributed by atoms with Crippen LogP contribution in [0.1, 0.15) is 15.9 Å². The normalized spacial score (nSPS) is 10.5. The summed E-state index contributed by atoms with van der Waals surface area (Å²) >= 11 is 9.33. The molecule has 98 valence electrons. The van der Waals surface area contributed by atoms with Gasteiger partial charge in [-0.15, -0.1) is 0 Å². The average molecular weight is 343 g/mol. The lowest BCUT2D eigenvalue weighted by molar-refractivity contribution is 0.0993. The Balaban J connectivity index is 2.28. The van der Waals surface area contributed by atoms with Gasteiger partial charge in [-0.3, -0.25) is 4.79 Å². The number of rotatable bonds is 3. The van der Waals surface area contributed by atoms with Gasteiger partial charge in [-0.05, 0) is 35.9 Å². The third-order valence-corrected chi connectivity index (χ3v) is 3.53. The maximum Gasteiger partial charge on any atom is 0.169 e. The first-order valence-corrected chi connectivity index (χ1v) is 6.66. The van der Waals surface area contributed by atoms with Crippen molar-refractivity contribution in [2.24, 2.45) is 0 Å². The van der Waals surface area contributed by atoms with Crippen molar-refractivity contribution >= 4 is 39.0 Å². The molecule has 0 unspecified atom stereocenters. The van der Waals surface area contributed by atoms with Gasteiger partial charge < -0.3 is 5.73 Å². The molecular weight excluding hydrogens is 333 g/mol. The van der Waals surface area contributed by atoms with Gasteiger partial charge in [-0.1, -0.05) is 33.6 Å². The van der Waals surface area contributed by atoms with Gasteiger partial charge in [-0.2, -0.15) is 0 Å². The maximum atomic E-state index is 13.1. The second-order valence-corrected chi connectivity index (χ2v) is 5.39. The quantitative estimate of drug-likeness (QED) is 0.669. The van der Waals surface area contributed by atoms with Crippen LogP contribution in [0, 0.1) is 5.82 Å². The lowest BCUT2D eigenvalue weighted by atomic mass is 10.0. The molecule has 0 saturated carbocycles. The van der Waals surface area contributed by atoms with Gasteiger partial charge in [0, 0.05) is 27.2 Å². The zero-order chi connectivity index (χ0) is 14.0. The number of ketones is 1. The predicted molar refractivity (Wildman–Crippen MR) is 78.0 cm³/mol. The van der Waals surface area contributed by atoms with Crippen LogP contribution < -0.4 is 5.73 Å². The average Bonchev–Trinajstić information content (AvgIpc) is 2.35. The minimum absolute atomic E-state index is 0.0831. The van der Waals surface area contributed by atoms with E-state index >= 15 is 0 Å². The van der Waals surface area contributed by atoms with Crippen LogP contribution in [-0.2, 0) is 6.42 Å². The summed E-state index contributed by atoms with van der Waals surface area (Å²) in [5.41, 5.74) is 6.80. The highest BCUT2D eigenvalue weighted by Gasteiger charge is 2.13. The number of anilines is 1. The minimum atomic E-state index is -0.487. The summed E-state index contributed by atoms with van der Waals surface area (Å²) in [5.74, 6) is -0.749. The van der Waals surface area contributed by atoms with E-state index in [1.165, 1.54) is 12.1 Å². The first-order chi connectivity index (χ1) is 8.97. The highest BCUT2D eigenvalue weighted by molar-refractivity contribution is 9.10.